The van der Waals surface area contributed by atoms with E-state index >= 15 is 0 Å². The van der Waals surface area contributed by atoms with E-state index in [1.807, 2.05) is 22.9 Å². The minimum absolute atomic E-state index is 0.200. The van der Waals surface area contributed by atoms with Gasteiger partial charge in [-0.05, 0) is 49.4 Å². The summed E-state index contributed by atoms with van der Waals surface area (Å²) < 4.78 is 16.5. The Morgan fingerprint density at radius 2 is 1.92 bits per heavy atom. The zero-order valence-corrected chi connectivity index (χ0v) is 15.9. The quantitative estimate of drug-likeness (QED) is 0.715. The van der Waals surface area contributed by atoms with Crippen molar-refractivity contribution in [3.8, 4) is 0 Å². The molecule has 0 aliphatic carbocycles. The first kappa shape index (κ1) is 18.7. The van der Waals surface area contributed by atoms with Crippen molar-refractivity contribution in [1.82, 2.24) is 20.2 Å². The maximum atomic E-state index is 14.7. The Morgan fingerprint density at radius 3 is 2.54 bits per heavy atom. The number of halogens is 1. The first-order valence-electron chi connectivity index (χ1n) is 9.24. The Hall–Kier alpha value is -2.12. The Bertz CT molecular complexity index is 742. The van der Waals surface area contributed by atoms with Gasteiger partial charge in [0.05, 0.1) is 17.6 Å². The Kier molecular flexibility index (Phi) is 5.48. The lowest BCUT2D eigenvalue weighted by atomic mass is 10.0. The Morgan fingerprint density at radius 1 is 1.23 bits per heavy atom. The van der Waals surface area contributed by atoms with Crippen LogP contribution in [-0.4, -0.2) is 52.9 Å². The summed E-state index contributed by atoms with van der Waals surface area (Å²) in [5.74, 6) is 0.527. The van der Waals surface area contributed by atoms with Gasteiger partial charge in [-0.3, -0.25) is 0 Å². The van der Waals surface area contributed by atoms with Gasteiger partial charge in [0, 0.05) is 0 Å². The van der Waals surface area contributed by atoms with Crippen molar-refractivity contribution in [2.24, 2.45) is 0 Å². The summed E-state index contributed by atoms with van der Waals surface area (Å²) in [5.41, 5.74) is 0.396. The fraction of sp³-hybridized carbons (Fsp3) is 0.526. The predicted molar refractivity (Wildman–Crippen MR) is 97.5 cm³/mol. The number of aromatic nitrogens is 4. The van der Waals surface area contributed by atoms with Crippen molar-refractivity contribution in [2.45, 2.75) is 32.4 Å². The summed E-state index contributed by atoms with van der Waals surface area (Å²) in [6.45, 7) is 14.9. The largest absolute Gasteiger partial charge is 0.322 e. The number of rotatable bonds is 5. The fourth-order valence-electron chi connectivity index (χ4n) is 3.72. The first-order valence-corrected chi connectivity index (χ1v) is 9.24. The molecule has 3 rings (SSSR count). The van der Waals surface area contributed by atoms with Crippen LogP contribution >= 0.6 is 0 Å². The van der Waals surface area contributed by atoms with Crippen molar-refractivity contribution >= 4 is 0 Å². The summed E-state index contributed by atoms with van der Waals surface area (Å²) in [4.78, 5) is 2.83. The van der Waals surface area contributed by atoms with Crippen LogP contribution in [0.1, 0.15) is 38.2 Å². The van der Waals surface area contributed by atoms with Gasteiger partial charge in [0.15, 0.2) is 6.04 Å². The van der Waals surface area contributed by atoms with Crippen LogP contribution in [0.4, 0.5) is 4.39 Å². The van der Waals surface area contributed by atoms with E-state index < -0.39 is 0 Å². The zero-order valence-electron chi connectivity index (χ0n) is 15.9. The average molecular weight is 360 g/mol. The normalized spacial score (nSPS) is 22.2. The molecule has 0 spiro atoms. The van der Waals surface area contributed by atoms with Gasteiger partial charge in [-0.1, -0.05) is 18.7 Å². The van der Waals surface area contributed by atoms with Crippen LogP contribution in [0.25, 0.3) is 0 Å². The molecule has 2 heterocycles. The molecule has 1 saturated heterocycles. The molecule has 26 heavy (non-hydrogen) atoms. The second-order valence-electron chi connectivity index (χ2n) is 7.98. The molecule has 0 amide bonds. The zero-order chi connectivity index (χ0) is 18.7. The topological polar surface area (TPSA) is 52.5 Å². The second-order valence-corrected chi connectivity index (χ2v) is 7.98. The van der Waals surface area contributed by atoms with Crippen molar-refractivity contribution in [2.75, 3.05) is 32.7 Å². The van der Waals surface area contributed by atoms with Crippen LogP contribution in [0.2, 0.25) is 0 Å². The number of hydrogen-bond donors (Lipinski definition) is 2. The highest BCUT2D eigenvalue weighted by Gasteiger charge is 2.38. The van der Waals surface area contributed by atoms with Crippen molar-refractivity contribution in [3.05, 3.63) is 54.1 Å². The molecule has 1 aromatic carbocycles. The van der Waals surface area contributed by atoms with E-state index in [9.17, 15) is 4.39 Å². The van der Waals surface area contributed by atoms with E-state index in [4.69, 9.17) is 0 Å². The molecule has 1 aliphatic heterocycles. The Labute approximate surface area is 154 Å². The summed E-state index contributed by atoms with van der Waals surface area (Å²) in [6.07, 6.45) is 1.97. The first-order chi connectivity index (χ1) is 12.4. The molecule has 1 atom stereocenters. The lowest BCUT2D eigenvalue weighted by Gasteiger charge is -2.34. The number of tetrazole rings is 1. The van der Waals surface area contributed by atoms with E-state index in [-0.39, 0.29) is 17.4 Å². The van der Waals surface area contributed by atoms with Crippen molar-refractivity contribution in [1.29, 1.82) is 0 Å². The third-order valence-corrected chi connectivity index (χ3v) is 5.04. The van der Waals surface area contributed by atoms with Gasteiger partial charge < -0.3 is 9.80 Å². The van der Waals surface area contributed by atoms with Gasteiger partial charge in [0.25, 0.3) is 0 Å². The molecule has 2 N–H and O–H groups in total. The van der Waals surface area contributed by atoms with Gasteiger partial charge in [0.2, 0.25) is 5.82 Å². The van der Waals surface area contributed by atoms with E-state index in [2.05, 4.69) is 42.9 Å². The van der Waals surface area contributed by atoms with Crippen LogP contribution < -0.4 is 9.80 Å². The maximum Gasteiger partial charge on any atom is 0.214 e. The van der Waals surface area contributed by atoms with Gasteiger partial charge in [-0.15, -0.1) is 5.10 Å². The van der Waals surface area contributed by atoms with Crippen LogP contribution in [-0.2, 0) is 5.54 Å². The molecule has 1 fully saturated rings. The van der Waals surface area contributed by atoms with Crippen LogP contribution in [0.3, 0.4) is 0 Å². The number of nitrogens with zero attached hydrogens (tertiary/aromatic N) is 4. The highest BCUT2D eigenvalue weighted by molar-refractivity contribution is 5.24. The molecular weight excluding hydrogens is 331 g/mol. The molecule has 7 heteroatoms. The summed E-state index contributed by atoms with van der Waals surface area (Å²) >= 11 is 0. The fourth-order valence-corrected chi connectivity index (χ4v) is 3.72. The van der Waals surface area contributed by atoms with Crippen LogP contribution in [0.5, 0.6) is 0 Å². The van der Waals surface area contributed by atoms with Gasteiger partial charge in [0.1, 0.15) is 32.0 Å². The smallest absolute Gasteiger partial charge is 0.214 e. The lowest BCUT2D eigenvalue weighted by Crippen LogP contribution is -3.28. The van der Waals surface area contributed by atoms with Gasteiger partial charge >= 0.3 is 0 Å². The monoisotopic (exact) mass is 360 g/mol. The third kappa shape index (κ3) is 3.83. The molecule has 140 valence electrons. The SMILES string of the molecule is C=CC[NH+]1CC[NH+]([C@H](c2ccccc2F)c2nnnn2C(C)(C)C)CC1. The standard InChI is InChI=1S/C19H27FN6/c1-5-10-24-11-13-25(14-12-24)17(15-8-6-7-9-16(15)20)18-21-22-23-26(18)19(2,3)4/h5-9,17H,1,10-14H2,2-4H3/p+2/t17-/m1/s1. The summed E-state index contributed by atoms with van der Waals surface area (Å²) in [5, 5.41) is 12.4. The molecule has 2 aromatic rings. The Balaban J connectivity index is 1.98. The predicted octanol–water partition coefficient (Wildman–Crippen LogP) is -0.374. The van der Waals surface area contributed by atoms with E-state index in [0.29, 0.717) is 5.56 Å². The summed E-state index contributed by atoms with van der Waals surface area (Å²) in [7, 11) is 0. The number of hydrogen-bond acceptors (Lipinski definition) is 3. The number of nitrogens with one attached hydrogen (secondary N) is 2. The van der Waals surface area contributed by atoms with Crippen LogP contribution in [0, 0.1) is 5.82 Å². The van der Waals surface area contributed by atoms with E-state index in [1.54, 1.807) is 6.07 Å². The molecule has 1 aliphatic rings. The molecule has 6 nitrogen and oxygen atoms in total. The maximum absolute atomic E-state index is 14.7. The average Bonchev–Trinajstić information content (AvgIpc) is 3.08. The molecule has 0 bridgehead atoms. The highest BCUT2D eigenvalue weighted by atomic mass is 19.1. The molecule has 0 radical (unpaired) electrons. The minimum Gasteiger partial charge on any atom is -0.322 e. The van der Waals surface area contributed by atoms with E-state index in [0.717, 1.165) is 38.5 Å². The minimum atomic E-state index is -0.266. The molecular formula is C19H29FN6+2. The third-order valence-electron chi connectivity index (χ3n) is 5.04. The van der Waals surface area contributed by atoms with Crippen molar-refractivity contribution in [3.63, 3.8) is 0 Å². The highest BCUT2D eigenvalue weighted by Crippen LogP contribution is 2.23. The number of piperazine rings is 1. The van der Waals surface area contributed by atoms with Crippen LogP contribution in [0.15, 0.2) is 36.9 Å². The molecule has 0 saturated carbocycles. The number of benzene rings is 1. The molecule has 0 unspecified atom stereocenters. The van der Waals surface area contributed by atoms with Gasteiger partial charge in [-0.25, -0.2) is 9.07 Å². The number of quaternary nitrogens is 2. The second kappa shape index (κ2) is 7.63. The van der Waals surface area contributed by atoms with E-state index in [1.165, 1.54) is 15.9 Å². The van der Waals surface area contributed by atoms with Crippen molar-refractivity contribution < 1.29 is 14.2 Å². The van der Waals surface area contributed by atoms with Gasteiger partial charge in [-0.2, -0.15) is 0 Å². The summed E-state index contributed by atoms with van der Waals surface area (Å²) in [6, 6.07) is 6.78. The lowest BCUT2D eigenvalue weighted by molar-refractivity contribution is -1.02. The molecule has 1 aromatic heterocycles.